The van der Waals surface area contributed by atoms with Crippen molar-refractivity contribution in [3.63, 3.8) is 0 Å². The van der Waals surface area contributed by atoms with Gasteiger partial charge in [0.25, 0.3) is 0 Å². The minimum Gasteiger partial charge on any atom is -0.391 e. The zero-order valence-corrected chi connectivity index (χ0v) is 7.07. The number of aliphatic hydroxyl groups is 1. The second-order valence-electron chi connectivity index (χ2n) is 1.39. The third-order valence-electron chi connectivity index (χ3n) is 0.778. The Kier molecular flexibility index (Phi) is 2.27. The second-order valence-corrected chi connectivity index (χ2v) is 3.63. The highest BCUT2D eigenvalue weighted by atomic mass is 127. The van der Waals surface area contributed by atoms with Gasteiger partial charge in [0.2, 0.25) is 0 Å². The van der Waals surface area contributed by atoms with Gasteiger partial charge in [-0.3, -0.25) is 0 Å². The molecular weight excluding hydrogens is 235 g/mol. The van der Waals surface area contributed by atoms with Crippen molar-refractivity contribution >= 4 is 33.9 Å². The molecule has 0 aliphatic rings. The third-order valence-corrected chi connectivity index (χ3v) is 2.74. The van der Waals surface area contributed by atoms with Crippen molar-refractivity contribution in [2.45, 2.75) is 6.61 Å². The first-order chi connectivity index (χ1) is 3.83. The summed E-state index contributed by atoms with van der Waals surface area (Å²) < 4.78 is 1.21. The Labute approximate surface area is 65.5 Å². The summed E-state index contributed by atoms with van der Waals surface area (Å²) in [5, 5.41) is 10.6. The van der Waals surface area contributed by atoms with Crippen LogP contribution in [0.2, 0.25) is 0 Å². The summed E-state index contributed by atoms with van der Waals surface area (Å²) in [6, 6.07) is 1.98. The molecule has 0 fully saturated rings. The molecule has 0 bridgehead atoms. The zero-order valence-electron chi connectivity index (χ0n) is 4.10. The summed E-state index contributed by atoms with van der Waals surface area (Å²) in [6.07, 6.45) is 0. The van der Waals surface area contributed by atoms with Crippen LogP contribution in [0, 0.1) is 3.57 Å². The normalized spacial score (nSPS) is 9.75. The molecule has 0 radical (unpaired) electrons. The van der Waals surface area contributed by atoms with Crippen molar-refractivity contribution in [3.05, 3.63) is 19.9 Å². The van der Waals surface area contributed by atoms with Crippen molar-refractivity contribution in [3.8, 4) is 0 Å². The highest BCUT2D eigenvalue weighted by molar-refractivity contribution is 14.1. The number of halogens is 1. The third kappa shape index (κ3) is 1.43. The highest BCUT2D eigenvalue weighted by Crippen LogP contribution is 2.15. The molecule has 1 aromatic heterocycles. The second kappa shape index (κ2) is 2.80. The van der Waals surface area contributed by atoms with Gasteiger partial charge in [0.05, 0.1) is 6.61 Å². The molecule has 0 aliphatic heterocycles. The number of hydrogen-bond donors (Lipinski definition) is 1. The maximum atomic E-state index is 8.56. The van der Waals surface area contributed by atoms with Gasteiger partial charge in [-0.2, -0.15) is 0 Å². The quantitative estimate of drug-likeness (QED) is 0.742. The molecule has 1 N–H and O–H groups in total. The topological polar surface area (TPSA) is 20.2 Å². The van der Waals surface area contributed by atoms with Crippen molar-refractivity contribution in [1.29, 1.82) is 0 Å². The number of thiophene rings is 1. The smallest absolute Gasteiger partial charge is 0.0774 e. The van der Waals surface area contributed by atoms with Gasteiger partial charge >= 0.3 is 0 Å². The fourth-order valence-corrected chi connectivity index (χ4v) is 2.01. The van der Waals surface area contributed by atoms with Gasteiger partial charge in [-0.15, -0.1) is 11.3 Å². The monoisotopic (exact) mass is 240 g/mol. The Morgan fingerprint density at radius 3 is 2.75 bits per heavy atom. The summed E-state index contributed by atoms with van der Waals surface area (Å²) in [5.41, 5.74) is 0. The molecule has 3 heteroatoms. The van der Waals surface area contributed by atoms with Crippen LogP contribution in [0.25, 0.3) is 0 Å². The lowest BCUT2D eigenvalue weighted by atomic mass is 10.5. The van der Waals surface area contributed by atoms with Crippen LogP contribution in [0.15, 0.2) is 11.4 Å². The Balaban J connectivity index is 2.84. The van der Waals surface area contributed by atoms with Gasteiger partial charge in [0, 0.05) is 13.8 Å². The summed E-state index contributed by atoms with van der Waals surface area (Å²) >= 11 is 3.82. The van der Waals surface area contributed by atoms with Crippen LogP contribution in [0.1, 0.15) is 4.88 Å². The zero-order chi connectivity index (χ0) is 5.98. The first kappa shape index (κ1) is 6.51. The largest absolute Gasteiger partial charge is 0.391 e. The van der Waals surface area contributed by atoms with Crippen molar-refractivity contribution in [1.82, 2.24) is 0 Å². The van der Waals surface area contributed by atoms with E-state index in [-0.39, 0.29) is 6.61 Å². The van der Waals surface area contributed by atoms with E-state index in [1.54, 1.807) is 11.3 Å². The molecule has 0 atom stereocenters. The molecule has 1 heterocycles. The Morgan fingerprint density at radius 2 is 2.50 bits per heavy atom. The average molecular weight is 240 g/mol. The molecule has 1 aromatic rings. The van der Waals surface area contributed by atoms with Crippen molar-refractivity contribution in [2.75, 3.05) is 0 Å². The molecule has 1 rings (SSSR count). The van der Waals surface area contributed by atoms with Crippen LogP contribution in [-0.2, 0) is 6.61 Å². The summed E-state index contributed by atoms with van der Waals surface area (Å²) in [6.45, 7) is 0.174. The lowest BCUT2D eigenvalue weighted by Gasteiger charge is -1.79. The lowest BCUT2D eigenvalue weighted by Crippen LogP contribution is -1.70. The van der Waals surface area contributed by atoms with Gasteiger partial charge < -0.3 is 5.11 Å². The molecule has 0 amide bonds. The average Bonchev–Trinajstić information content (AvgIpc) is 2.14. The Bertz CT molecular complexity index is 173. The molecule has 0 saturated carbocycles. The first-order valence-electron chi connectivity index (χ1n) is 2.16. The van der Waals surface area contributed by atoms with E-state index in [2.05, 4.69) is 22.6 Å². The minimum absolute atomic E-state index is 0.174. The minimum atomic E-state index is 0.174. The van der Waals surface area contributed by atoms with Crippen LogP contribution in [0.4, 0.5) is 0 Å². The maximum absolute atomic E-state index is 8.56. The van der Waals surface area contributed by atoms with Crippen molar-refractivity contribution in [2.24, 2.45) is 0 Å². The number of hydrogen-bond acceptors (Lipinski definition) is 2. The van der Waals surface area contributed by atoms with E-state index in [0.717, 1.165) is 4.88 Å². The van der Waals surface area contributed by atoms with E-state index in [1.165, 1.54) is 3.57 Å². The van der Waals surface area contributed by atoms with Gasteiger partial charge in [0.1, 0.15) is 0 Å². The van der Waals surface area contributed by atoms with E-state index in [1.807, 2.05) is 11.4 Å². The lowest BCUT2D eigenvalue weighted by molar-refractivity contribution is 0.285. The van der Waals surface area contributed by atoms with Crippen molar-refractivity contribution < 1.29 is 5.11 Å². The maximum Gasteiger partial charge on any atom is 0.0774 e. The molecule has 1 nitrogen and oxygen atoms in total. The summed E-state index contributed by atoms with van der Waals surface area (Å²) in [7, 11) is 0. The van der Waals surface area contributed by atoms with Crippen LogP contribution in [-0.4, -0.2) is 5.11 Å². The number of rotatable bonds is 1. The SMILES string of the molecule is OCc1cc(I)cs1. The number of aliphatic hydroxyl groups excluding tert-OH is 1. The molecule has 8 heavy (non-hydrogen) atoms. The molecule has 0 aromatic carbocycles. The highest BCUT2D eigenvalue weighted by Gasteiger charge is 1.91. The van der Waals surface area contributed by atoms with Crippen LogP contribution < -0.4 is 0 Å². The molecule has 44 valence electrons. The van der Waals surface area contributed by atoms with Gasteiger partial charge in [0.15, 0.2) is 0 Å². The predicted octanol–water partition coefficient (Wildman–Crippen LogP) is 1.85. The van der Waals surface area contributed by atoms with E-state index < -0.39 is 0 Å². The van der Waals surface area contributed by atoms with Crippen LogP contribution in [0.5, 0.6) is 0 Å². The summed E-state index contributed by atoms with van der Waals surface area (Å²) in [4.78, 5) is 1.04. The molecule has 0 aliphatic carbocycles. The van der Waals surface area contributed by atoms with E-state index in [4.69, 9.17) is 5.11 Å². The molecule has 0 unspecified atom stereocenters. The fraction of sp³-hybridized carbons (Fsp3) is 0.200. The van der Waals surface area contributed by atoms with Crippen LogP contribution >= 0.6 is 33.9 Å². The fourth-order valence-electron chi connectivity index (χ4n) is 0.437. The Morgan fingerprint density at radius 1 is 1.75 bits per heavy atom. The first-order valence-corrected chi connectivity index (χ1v) is 4.12. The van der Waals surface area contributed by atoms with E-state index >= 15 is 0 Å². The standard InChI is InChI=1S/C5H5IOS/c6-4-1-5(2-7)8-3-4/h1,3,7H,2H2. The van der Waals surface area contributed by atoms with Gasteiger partial charge in [-0.25, -0.2) is 0 Å². The molecular formula is C5H5IOS. The van der Waals surface area contributed by atoms with Gasteiger partial charge in [-0.1, -0.05) is 0 Å². The molecule has 0 saturated heterocycles. The van der Waals surface area contributed by atoms with E-state index in [0.29, 0.717) is 0 Å². The van der Waals surface area contributed by atoms with Gasteiger partial charge in [-0.05, 0) is 28.7 Å². The summed E-state index contributed by atoms with van der Waals surface area (Å²) in [5.74, 6) is 0. The van der Waals surface area contributed by atoms with Crippen LogP contribution in [0.3, 0.4) is 0 Å². The Hall–Kier alpha value is 0.390. The predicted molar refractivity (Wildman–Crippen MR) is 43.0 cm³/mol. The molecule has 0 spiro atoms. The van der Waals surface area contributed by atoms with E-state index in [9.17, 15) is 0 Å².